The number of amides is 11. The second-order valence-electron chi connectivity index (χ2n) is 28.7. The number of likely N-dealkylation sites (N-methyl/N-ethyl adjacent to an activating group) is 7. The van der Waals surface area contributed by atoms with E-state index in [0.29, 0.717) is 0 Å². The van der Waals surface area contributed by atoms with Crippen molar-refractivity contribution in [2.45, 2.75) is 242 Å². The van der Waals surface area contributed by atoms with Crippen LogP contribution in [0.5, 0.6) is 0 Å². The number of rotatable bonds is 19. The number of hydrogen-bond donors (Lipinski definition) is 5. The van der Waals surface area contributed by atoms with E-state index < -0.39 is 174 Å². The number of nitrogens with zero attached hydrogens (tertiary/aromatic N) is 7. The number of aliphatic hydroxyl groups is 1. The number of carbonyl (C=O) groups is 12. The molecule has 0 unspecified atom stereocenters. The molecule has 1 saturated heterocycles. The van der Waals surface area contributed by atoms with E-state index in [1.807, 2.05) is 41.5 Å². The Morgan fingerprint density at radius 2 is 1.00 bits per heavy atom. The number of carbonyl (C=O) groups excluding carboxylic acids is 12. The van der Waals surface area contributed by atoms with E-state index in [1.165, 1.54) is 102 Å². The van der Waals surface area contributed by atoms with Crippen molar-refractivity contribution in [1.82, 2.24) is 55.6 Å². The SMILES string of the molecule is CC=CC[C@@H](C)[C@@H](O)[C@H]1C(=O)N[C@@H](CC)C(=O)N(C)CC(=O)N(C)[C@@H]([C@@H](C)OCC=CCOC(=O)OC(C)(C)C)C(=O)N[C@@H](C(C)C)C(=O)N(C)[C@@H](CC(C)C)C(=O)N[C@@H](C)C(=O)N[C@H](C)C(=O)N(C)[C@@H](CC(C)C)C(=O)N(C)[C@H](CC(C)C)C(=O)N(C)[C@@H](C(C)C)C(=O)N1C. The van der Waals surface area contributed by atoms with E-state index >= 15 is 14.4 Å². The number of hydrogen-bond acceptors (Lipinski definition) is 16. The average Bonchev–Trinajstić information content (AvgIpc) is 0.808. The van der Waals surface area contributed by atoms with Crippen LogP contribution >= 0.6 is 0 Å². The van der Waals surface area contributed by atoms with Crippen LogP contribution in [0.4, 0.5) is 4.79 Å². The predicted octanol–water partition coefficient (Wildman–Crippen LogP) is 4.14. The molecule has 0 spiro atoms. The van der Waals surface area contributed by atoms with Crippen LogP contribution in [-0.4, -0.2) is 258 Å². The average molecular weight is 1360 g/mol. The number of aliphatic hydroxyl groups excluding tert-OH is 1. The molecule has 1 heterocycles. The Kier molecular flexibility index (Phi) is 36.1. The van der Waals surface area contributed by atoms with Crippen molar-refractivity contribution in [1.29, 1.82) is 0 Å². The maximum absolute atomic E-state index is 15.2. The second-order valence-corrected chi connectivity index (χ2v) is 28.7. The van der Waals surface area contributed by atoms with Crippen molar-refractivity contribution in [3.63, 3.8) is 0 Å². The van der Waals surface area contributed by atoms with Crippen LogP contribution in [-0.2, 0) is 67.0 Å². The van der Waals surface area contributed by atoms with Gasteiger partial charge in [0.05, 0.1) is 25.4 Å². The van der Waals surface area contributed by atoms with Crippen LogP contribution in [0, 0.1) is 35.5 Å². The van der Waals surface area contributed by atoms with E-state index in [4.69, 9.17) is 14.2 Å². The summed E-state index contributed by atoms with van der Waals surface area (Å²) in [6.45, 7) is 31.3. The Morgan fingerprint density at radius 3 is 1.49 bits per heavy atom. The van der Waals surface area contributed by atoms with E-state index in [9.17, 15) is 48.3 Å². The maximum Gasteiger partial charge on any atom is 0.509 e. The molecule has 548 valence electrons. The van der Waals surface area contributed by atoms with Gasteiger partial charge in [-0.2, -0.15) is 0 Å². The van der Waals surface area contributed by atoms with E-state index in [0.717, 1.165) is 14.7 Å². The van der Waals surface area contributed by atoms with Gasteiger partial charge in [-0.1, -0.05) is 101 Å². The highest BCUT2D eigenvalue weighted by atomic mass is 16.7. The van der Waals surface area contributed by atoms with Gasteiger partial charge in [0.25, 0.3) is 0 Å². The van der Waals surface area contributed by atoms with Crippen molar-refractivity contribution >= 4 is 71.1 Å². The fourth-order valence-corrected chi connectivity index (χ4v) is 11.3. The van der Waals surface area contributed by atoms with Gasteiger partial charge in [0.15, 0.2) is 0 Å². The molecule has 11 amide bonds. The van der Waals surface area contributed by atoms with Crippen molar-refractivity contribution in [2.75, 3.05) is 69.1 Å². The van der Waals surface area contributed by atoms with Gasteiger partial charge in [-0.05, 0) is 122 Å². The molecule has 96 heavy (non-hydrogen) atoms. The summed E-state index contributed by atoms with van der Waals surface area (Å²) in [5.41, 5.74) is -0.797. The summed E-state index contributed by atoms with van der Waals surface area (Å²) in [6.07, 6.45) is 3.55. The number of nitrogens with one attached hydrogen (secondary N) is 4. The minimum Gasteiger partial charge on any atom is -0.430 e. The van der Waals surface area contributed by atoms with Crippen LogP contribution in [0.2, 0.25) is 0 Å². The molecule has 1 aliphatic rings. The Hall–Kier alpha value is -7.16. The van der Waals surface area contributed by atoms with Gasteiger partial charge in [-0.3, -0.25) is 52.7 Å². The molecule has 27 heteroatoms. The highest BCUT2D eigenvalue weighted by molar-refractivity contribution is 5.99. The molecule has 27 nitrogen and oxygen atoms in total. The third-order valence-electron chi connectivity index (χ3n) is 17.1. The maximum atomic E-state index is 15.2. The van der Waals surface area contributed by atoms with Crippen molar-refractivity contribution in [3.05, 3.63) is 24.3 Å². The van der Waals surface area contributed by atoms with Crippen LogP contribution in [0.15, 0.2) is 24.3 Å². The van der Waals surface area contributed by atoms with E-state index in [2.05, 4.69) is 21.3 Å². The monoisotopic (exact) mass is 1360 g/mol. The first-order valence-corrected chi connectivity index (χ1v) is 33.8. The second kappa shape index (κ2) is 39.9. The van der Waals surface area contributed by atoms with E-state index in [-0.39, 0.29) is 63.1 Å². The zero-order valence-electron chi connectivity index (χ0n) is 62.6. The van der Waals surface area contributed by atoms with Gasteiger partial charge in [0.1, 0.15) is 72.6 Å². The molecule has 0 saturated carbocycles. The Morgan fingerprint density at radius 1 is 0.531 bits per heavy atom. The normalized spacial score (nSPS) is 25.6. The van der Waals surface area contributed by atoms with Gasteiger partial charge >= 0.3 is 6.16 Å². The molecule has 13 atom stereocenters. The van der Waals surface area contributed by atoms with Crippen LogP contribution in [0.25, 0.3) is 0 Å². The molecule has 1 fully saturated rings. The molecule has 5 N–H and O–H groups in total. The summed E-state index contributed by atoms with van der Waals surface area (Å²) >= 11 is 0. The zero-order chi connectivity index (χ0) is 74.3. The molecular formula is C69H121N11O16. The van der Waals surface area contributed by atoms with Gasteiger partial charge in [-0.25, -0.2) is 4.79 Å². The molecule has 0 aromatic heterocycles. The topological polar surface area (TPSA) is 324 Å². The molecule has 0 radical (unpaired) electrons. The fourth-order valence-electron chi connectivity index (χ4n) is 11.3. The highest BCUT2D eigenvalue weighted by Crippen LogP contribution is 2.26. The first-order chi connectivity index (χ1) is 44.3. The largest absolute Gasteiger partial charge is 0.509 e. The summed E-state index contributed by atoms with van der Waals surface area (Å²) in [4.78, 5) is 182. The highest BCUT2D eigenvalue weighted by Gasteiger charge is 2.46. The lowest BCUT2D eigenvalue weighted by atomic mass is 9.91. The lowest BCUT2D eigenvalue weighted by Gasteiger charge is -2.41. The molecule has 1 aliphatic heterocycles. The lowest BCUT2D eigenvalue weighted by Crippen LogP contribution is -2.63. The van der Waals surface area contributed by atoms with Gasteiger partial charge in [-0.15, -0.1) is 0 Å². The molecule has 0 aromatic carbocycles. The quantitative estimate of drug-likeness (QED) is 0.0896. The summed E-state index contributed by atoms with van der Waals surface area (Å²) < 4.78 is 16.4. The smallest absolute Gasteiger partial charge is 0.430 e. The van der Waals surface area contributed by atoms with Gasteiger partial charge in [0, 0.05) is 49.3 Å². The molecule has 0 aromatic rings. The number of ether oxygens (including phenoxy) is 3. The van der Waals surface area contributed by atoms with Crippen LogP contribution in [0.3, 0.4) is 0 Å². The third-order valence-corrected chi connectivity index (χ3v) is 17.1. The summed E-state index contributed by atoms with van der Waals surface area (Å²) in [6, 6.07) is -13.2. The minimum absolute atomic E-state index is 0.0388. The standard InChI is InChI=1S/C69H121N11O16/c1-27-29-32-44(13)57(82)56-61(86)72-48(28-2)63(88)74(20)38-52(81)78(24)55(47(16)94-33-30-31-34-95-68(93)96-69(17,18)19)60(85)73-53(42(9)10)66(91)75(21)49(35-39(3)4)59(84)70-45(14)58(83)71-46(15)62(87)76(22)50(36-40(5)6)64(89)77(23)51(37-41(7)8)65(90)79(25)54(43(11)12)67(92)80(56)26/h27,29-31,39-51,53-57,82H,28,32-38H2,1-26H3,(H,70,84)(H,71,83)(H,72,86)(H,73,85)/t44-,45+,46-,47-,48+,49+,50+,51-,53+,54+,55+,56+,57-/m1/s1. The predicted molar refractivity (Wildman–Crippen MR) is 366 cm³/mol. The summed E-state index contributed by atoms with van der Waals surface area (Å²) in [5.74, 6) is -10.6. The van der Waals surface area contributed by atoms with Gasteiger partial charge in [0.2, 0.25) is 65.0 Å². The summed E-state index contributed by atoms with van der Waals surface area (Å²) in [7, 11) is 9.64. The molecule has 0 bridgehead atoms. The fraction of sp³-hybridized carbons (Fsp3) is 0.768. The van der Waals surface area contributed by atoms with Gasteiger partial charge < -0.3 is 74.9 Å². The summed E-state index contributed by atoms with van der Waals surface area (Å²) in [5, 5.41) is 23.1. The zero-order valence-corrected chi connectivity index (χ0v) is 62.6. The van der Waals surface area contributed by atoms with Crippen LogP contribution < -0.4 is 21.3 Å². The van der Waals surface area contributed by atoms with E-state index in [1.54, 1.807) is 81.4 Å². The Bertz CT molecular complexity index is 2690. The lowest BCUT2D eigenvalue weighted by molar-refractivity contribution is -0.157. The first-order valence-electron chi connectivity index (χ1n) is 33.8. The third kappa shape index (κ3) is 26.0. The Balaban J connectivity index is 4.38. The first kappa shape index (κ1) is 86.9. The van der Waals surface area contributed by atoms with Crippen LogP contribution in [0.1, 0.15) is 164 Å². The van der Waals surface area contributed by atoms with Crippen molar-refractivity contribution < 1.29 is 76.9 Å². The van der Waals surface area contributed by atoms with Crippen molar-refractivity contribution in [3.8, 4) is 0 Å². The number of allylic oxidation sites excluding steroid dienone is 2. The minimum atomic E-state index is -1.66. The molecular weight excluding hydrogens is 1240 g/mol. The Labute approximate surface area is 572 Å². The molecule has 1 rings (SSSR count). The van der Waals surface area contributed by atoms with Crippen molar-refractivity contribution in [2.24, 2.45) is 35.5 Å². The molecule has 0 aliphatic carbocycles.